The first kappa shape index (κ1) is 14.1. The van der Waals surface area contributed by atoms with Crippen LogP contribution in [-0.4, -0.2) is 11.0 Å². The Bertz CT molecular complexity index is 783. The number of fused-ring (bicyclic) bond motifs is 1. The number of cyclic esters (lactones) is 1. The molecule has 1 aliphatic rings. The molecular formula is C16H14N2O4. The third kappa shape index (κ3) is 2.39. The molecule has 0 spiro atoms. The van der Waals surface area contributed by atoms with E-state index in [4.69, 9.17) is 4.74 Å². The molecule has 1 aliphatic heterocycles. The molecule has 1 amide bonds. The molecule has 0 fully saturated rings. The van der Waals surface area contributed by atoms with Crippen molar-refractivity contribution in [2.45, 2.75) is 19.4 Å². The van der Waals surface area contributed by atoms with Crippen LogP contribution >= 0.6 is 0 Å². The average Bonchev–Trinajstić information content (AvgIpc) is 2.46. The number of amides is 1. The van der Waals surface area contributed by atoms with Gasteiger partial charge in [-0.2, -0.15) is 0 Å². The molecule has 0 atom stereocenters. The predicted octanol–water partition coefficient (Wildman–Crippen LogP) is 4.06. The number of ether oxygens (including phenoxy) is 1. The molecule has 2 aromatic carbocycles. The second kappa shape index (κ2) is 4.84. The fraction of sp³-hybridized carbons (Fsp3) is 0.188. The molecule has 0 unspecified atom stereocenters. The first-order chi connectivity index (χ1) is 10.4. The summed E-state index contributed by atoms with van der Waals surface area (Å²) in [6.45, 7) is 3.61. The Hall–Kier alpha value is -2.89. The molecule has 22 heavy (non-hydrogen) atoms. The number of benzene rings is 2. The number of hydrogen-bond acceptors (Lipinski definition) is 4. The predicted molar refractivity (Wildman–Crippen MR) is 81.7 cm³/mol. The normalized spacial score (nSPS) is 15.5. The van der Waals surface area contributed by atoms with E-state index in [2.05, 4.69) is 5.32 Å². The number of nitrogens with one attached hydrogen (secondary N) is 1. The Kier molecular flexibility index (Phi) is 3.09. The van der Waals surface area contributed by atoms with Crippen LogP contribution in [0.5, 0.6) is 0 Å². The summed E-state index contributed by atoms with van der Waals surface area (Å²) >= 11 is 0. The van der Waals surface area contributed by atoms with Crippen LogP contribution in [0.4, 0.5) is 16.2 Å². The van der Waals surface area contributed by atoms with Gasteiger partial charge >= 0.3 is 6.09 Å². The Balaban J connectivity index is 2.09. The van der Waals surface area contributed by atoms with Crippen LogP contribution < -0.4 is 5.32 Å². The Morgan fingerprint density at radius 3 is 2.59 bits per heavy atom. The van der Waals surface area contributed by atoms with E-state index in [0.29, 0.717) is 5.69 Å². The van der Waals surface area contributed by atoms with Gasteiger partial charge in [0.25, 0.3) is 5.69 Å². The molecule has 2 aromatic rings. The summed E-state index contributed by atoms with van der Waals surface area (Å²) in [6, 6.07) is 11.9. The van der Waals surface area contributed by atoms with E-state index in [1.807, 2.05) is 32.0 Å². The smallest absolute Gasteiger partial charge is 0.412 e. The Labute approximate surface area is 126 Å². The van der Waals surface area contributed by atoms with Crippen LogP contribution in [0.25, 0.3) is 11.1 Å². The highest BCUT2D eigenvalue weighted by Gasteiger charge is 2.33. The summed E-state index contributed by atoms with van der Waals surface area (Å²) in [5, 5.41) is 13.5. The molecular weight excluding hydrogens is 284 g/mol. The van der Waals surface area contributed by atoms with E-state index < -0.39 is 16.6 Å². The van der Waals surface area contributed by atoms with Crippen LogP contribution in [0.3, 0.4) is 0 Å². The second-order valence-corrected chi connectivity index (χ2v) is 5.59. The SMILES string of the molecule is CC1(C)OC(=O)Nc2ccc(-c3cccc([N+](=O)[O-])c3)cc21. The molecule has 6 nitrogen and oxygen atoms in total. The zero-order chi connectivity index (χ0) is 15.9. The van der Waals surface area contributed by atoms with E-state index in [0.717, 1.165) is 16.7 Å². The van der Waals surface area contributed by atoms with E-state index in [9.17, 15) is 14.9 Å². The van der Waals surface area contributed by atoms with Crippen LogP contribution in [0.15, 0.2) is 42.5 Å². The molecule has 0 bridgehead atoms. The number of rotatable bonds is 2. The minimum Gasteiger partial charge on any atom is -0.438 e. The van der Waals surface area contributed by atoms with Gasteiger partial charge < -0.3 is 4.74 Å². The second-order valence-electron chi connectivity index (χ2n) is 5.59. The van der Waals surface area contributed by atoms with Crippen molar-refractivity contribution in [2.75, 3.05) is 5.32 Å². The summed E-state index contributed by atoms with van der Waals surface area (Å²) < 4.78 is 5.29. The minimum absolute atomic E-state index is 0.0408. The van der Waals surface area contributed by atoms with E-state index >= 15 is 0 Å². The van der Waals surface area contributed by atoms with Crippen molar-refractivity contribution in [3.05, 3.63) is 58.1 Å². The van der Waals surface area contributed by atoms with Gasteiger partial charge in [-0.05, 0) is 37.1 Å². The number of nitro groups is 1. The van der Waals surface area contributed by atoms with Gasteiger partial charge in [-0.3, -0.25) is 15.4 Å². The molecule has 0 aliphatic carbocycles. The van der Waals surface area contributed by atoms with E-state index in [1.54, 1.807) is 12.1 Å². The summed E-state index contributed by atoms with van der Waals surface area (Å²) in [5.74, 6) is 0. The zero-order valence-electron chi connectivity index (χ0n) is 12.1. The van der Waals surface area contributed by atoms with Gasteiger partial charge in [-0.25, -0.2) is 4.79 Å². The van der Waals surface area contributed by atoms with Crippen molar-refractivity contribution in [2.24, 2.45) is 0 Å². The Morgan fingerprint density at radius 2 is 1.86 bits per heavy atom. The number of nitro benzene ring substituents is 1. The molecule has 0 saturated heterocycles. The van der Waals surface area contributed by atoms with E-state index in [1.165, 1.54) is 12.1 Å². The largest absolute Gasteiger partial charge is 0.438 e. The number of carbonyl (C=O) groups is 1. The first-order valence-electron chi connectivity index (χ1n) is 6.76. The lowest BCUT2D eigenvalue weighted by molar-refractivity contribution is -0.384. The monoisotopic (exact) mass is 298 g/mol. The van der Waals surface area contributed by atoms with Gasteiger partial charge in [0.15, 0.2) is 0 Å². The van der Waals surface area contributed by atoms with Crippen molar-refractivity contribution >= 4 is 17.5 Å². The summed E-state index contributed by atoms with van der Waals surface area (Å²) in [7, 11) is 0. The number of hydrogen-bond donors (Lipinski definition) is 1. The lowest BCUT2D eigenvalue weighted by Gasteiger charge is -2.32. The Morgan fingerprint density at radius 1 is 1.14 bits per heavy atom. The molecule has 0 saturated carbocycles. The van der Waals surface area contributed by atoms with Gasteiger partial charge in [0.05, 0.1) is 10.6 Å². The zero-order valence-corrected chi connectivity index (χ0v) is 12.1. The van der Waals surface area contributed by atoms with Crippen molar-refractivity contribution < 1.29 is 14.5 Å². The topological polar surface area (TPSA) is 81.5 Å². The third-order valence-corrected chi connectivity index (χ3v) is 3.64. The first-order valence-corrected chi connectivity index (χ1v) is 6.76. The summed E-state index contributed by atoms with van der Waals surface area (Å²) in [4.78, 5) is 22.0. The maximum absolute atomic E-state index is 11.5. The van der Waals surface area contributed by atoms with Crippen molar-refractivity contribution in [3.63, 3.8) is 0 Å². The lowest BCUT2D eigenvalue weighted by atomic mass is 9.91. The molecule has 6 heteroatoms. The quantitative estimate of drug-likeness (QED) is 0.669. The summed E-state index contributed by atoms with van der Waals surface area (Å²) in [6.07, 6.45) is -0.486. The lowest BCUT2D eigenvalue weighted by Crippen LogP contribution is -2.34. The highest BCUT2D eigenvalue weighted by molar-refractivity contribution is 5.89. The molecule has 0 aromatic heterocycles. The maximum atomic E-state index is 11.5. The average molecular weight is 298 g/mol. The maximum Gasteiger partial charge on any atom is 0.412 e. The van der Waals surface area contributed by atoms with Gasteiger partial charge in [-0.1, -0.05) is 18.2 Å². The minimum atomic E-state index is -0.756. The van der Waals surface area contributed by atoms with Crippen molar-refractivity contribution in [1.29, 1.82) is 0 Å². The van der Waals surface area contributed by atoms with Gasteiger partial charge in [-0.15, -0.1) is 0 Å². The van der Waals surface area contributed by atoms with Crippen molar-refractivity contribution in [3.8, 4) is 11.1 Å². The number of non-ortho nitro benzene ring substituents is 1. The van der Waals surface area contributed by atoms with E-state index in [-0.39, 0.29) is 5.69 Å². The number of anilines is 1. The standard InChI is InChI=1S/C16H14N2O4/c1-16(2)13-9-11(6-7-14(13)17-15(19)22-16)10-4-3-5-12(8-10)18(20)21/h3-9H,1-2H3,(H,17,19). The molecule has 3 rings (SSSR count). The highest BCUT2D eigenvalue weighted by Crippen LogP contribution is 2.38. The van der Waals surface area contributed by atoms with Gasteiger partial charge in [0.2, 0.25) is 0 Å². The highest BCUT2D eigenvalue weighted by atomic mass is 16.6. The summed E-state index contributed by atoms with van der Waals surface area (Å²) in [5.41, 5.74) is 2.37. The van der Waals surface area contributed by atoms with Crippen LogP contribution in [0.1, 0.15) is 19.4 Å². The van der Waals surface area contributed by atoms with Crippen LogP contribution in [0, 0.1) is 10.1 Å². The number of carbonyl (C=O) groups excluding carboxylic acids is 1. The third-order valence-electron chi connectivity index (χ3n) is 3.64. The van der Waals surface area contributed by atoms with Gasteiger partial charge in [0.1, 0.15) is 5.60 Å². The van der Waals surface area contributed by atoms with Crippen LogP contribution in [-0.2, 0) is 10.3 Å². The van der Waals surface area contributed by atoms with Crippen molar-refractivity contribution in [1.82, 2.24) is 0 Å². The molecule has 112 valence electrons. The fourth-order valence-electron chi connectivity index (χ4n) is 2.55. The molecule has 1 N–H and O–H groups in total. The molecule has 0 radical (unpaired) electrons. The van der Waals surface area contributed by atoms with Gasteiger partial charge in [0, 0.05) is 17.7 Å². The van der Waals surface area contributed by atoms with Crippen LogP contribution in [0.2, 0.25) is 0 Å². The molecule has 1 heterocycles. The fourth-order valence-corrected chi connectivity index (χ4v) is 2.55. The number of nitrogens with zero attached hydrogens (tertiary/aromatic N) is 1.